The third-order valence-corrected chi connectivity index (χ3v) is 2.43. The summed E-state index contributed by atoms with van der Waals surface area (Å²) in [6.07, 6.45) is 4.17. The highest BCUT2D eigenvalue weighted by Crippen LogP contribution is 2.21. The maximum absolute atomic E-state index is 3.49. The SMILES string of the molecule is C/C=C/C(C)Nc1ccccc1Br. The molecule has 1 nitrogen and oxygen atoms in total. The van der Waals surface area contributed by atoms with Crippen LogP contribution >= 0.6 is 15.9 Å². The quantitative estimate of drug-likeness (QED) is 0.792. The molecule has 0 fully saturated rings. The highest BCUT2D eigenvalue weighted by atomic mass is 79.9. The Bertz CT molecular complexity index is 294. The first-order valence-electron chi connectivity index (χ1n) is 4.38. The minimum absolute atomic E-state index is 0.365. The number of benzene rings is 1. The van der Waals surface area contributed by atoms with Crippen LogP contribution in [-0.2, 0) is 0 Å². The molecule has 0 heterocycles. The van der Waals surface area contributed by atoms with Crippen molar-refractivity contribution in [2.24, 2.45) is 0 Å². The third-order valence-electron chi connectivity index (χ3n) is 1.74. The van der Waals surface area contributed by atoms with Crippen molar-refractivity contribution in [2.75, 3.05) is 5.32 Å². The Morgan fingerprint density at radius 1 is 1.38 bits per heavy atom. The van der Waals surface area contributed by atoms with E-state index in [0.29, 0.717) is 6.04 Å². The number of nitrogens with one attached hydrogen (secondary N) is 1. The number of para-hydroxylation sites is 1. The highest BCUT2D eigenvalue weighted by Gasteiger charge is 1.99. The number of hydrogen-bond acceptors (Lipinski definition) is 1. The molecule has 0 saturated heterocycles. The Kier molecular flexibility index (Phi) is 4.03. The zero-order valence-corrected chi connectivity index (χ0v) is 9.51. The first-order valence-corrected chi connectivity index (χ1v) is 5.17. The molecule has 1 aromatic carbocycles. The van der Waals surface area contributed by atoms with E-state index in [-0.39, 0.29) is 0 Å². The second-order valence-electron chi connectivity index (χ2n) is 2.94. The van der Waals surface area contributed by atoms with Gasteiger partial charge in [-0.15, -0.1) is 0 Å². The molecular weight excluding hydrogens is 226 g/mol. The molecule has 1 aromatic rings. The van der Waals surface area contributed by atoms with Crippen LogP contribution in [0.2, 0.25) is 0 Å². The normalized spacial score (nSPS) is 13.2. The fraction of sp³-hybridized carbons (Fsp3) is 0.273. The Hall–Kier alpha value is -0.760. The van der Waals surface area contributed by atoms with Gasteiger partial charge in [-0.05, 0) is 41.9 Å². The van der Waals surface area contributed by atoms with Crippen LogP contribution in [0.15, 0.2) is 40.9 Å². The summed E-state index contributed by atoms with van der Waals surface area (Å²) in [4.78, 5) is 0. The average Bonchev–Trinajstić information content (AvgIpc) is 2.09. The molecular formula is C11H14BrN. The van der Waals surface area contributed by atoms with Crippen LogP contribution in [0.4, 0.5) is 5.69 Å². The maximum Gasteiger partial charge on any atom is 0.0489 e. The van der Waals surface area contributed by atoms with Crippen LogP contribution in [0.3, 0.4) is 0 Å². The van der Waals surface area contributed by atoms with Gasteiger partial charge < -0.3 is 5.32 Å². The minimum Gasteiger partial charge on any atom is -0.378 e. The molecule has 70 valence electrons. The van der Waals surface area contributed by atoms with Gasteiger partial charge in [0.25, 0.3) is 0 Å². The van der Waals surface area contributed by atoms with E-state index in [4.69, 9.17) is 0 Å². The zero-order valence-electron chi connectivity index (χ0n) is 7.92. The molecule has 0 spiro atoms. The molecule has 0 aliphatic rings. The van der Waals surface area contributed by atoms with E-state index in [9.17, 15) is 0 Å². The van der Waals surface area contributed by atoms with E-state index in [1.165, 1.54) is 0 Å². The highest BCUT2D eigenvalue weighted by molar-refractivity contribution is 9.10. The van der Waals surface area contributed by atoms with E-state index in [1.807, 2.05) is 25.1 Å². The van der Waals surface area contributed by atoms with Gasteiger partial charge in [0.2, 0.25) is 0 Å². The predicted octanol–water partition coefficient (Wildman–Crippen LogP) is 3.83. The number of allylic oxidation sites excluding steroid dienone is 1. The van der Waals surface area contributed by atoms with Gasteiger partial charge in [-0.25, -0.2) is 0 Å². The van der Waals surface area contributed by atoms with E-state index < -0.39 is 0 Å². The van der Waals surface area contributed by atoms with Crippen LogP contribution < -0.4 is 5.32 Å². The third kappa shape index (κ3) is 3.23. The lowest BCUT2D eigenvalue weighted by Gasteiger charge is -2.12. The van der Waals surface area contributed by atoms with Crippen molar-refractivity contribution in [3.8, 4) is 0 Å². The summed E-state index contributed by atoms with van der Waals surface area (Å²) in [6, 6.07) is 8.49. The maximum atomic E-state index is 3.49. The molecule has 2 heteroatoms. The lowest BCUT2D eigenvalue weighted by atomic mass is 10.2. The van der Waals surface area contributed by atoms with Gasteiger partial charge >= 0.3 is 0 Å². The van der Waals surface area contributed by atoms with Gasteiger partial charge in [0.1, 0.15) is 0 Å². The smallest absolute Gasteiger partial charge is 0.0489 e. The molecule has 1 rings (SSSR count). The van der Waals surface area contributed by atoms with Crippen LogP contribution in [0.1, 0.15) is 13.8 Å². The standard InChI is InChI=1S/C11H14BrN/c1-3-6-9(2)13-11-8-5-4-7-10(11)12/h3-9,13H,1-2H3/b6-3+. The summed E-state index contributed by atoms with van der Waals surface area (Å²) in [7, 11) is 0. The lowest BCUT2D eigenvalue weighted by Crippen LogP contribution is -2.11. The van der Waals surface area contributed by atoms with Gasteiger partial charge in [0, 0.05) is 16.2 Å². The molecule has 1 N–H and O–H groups in total. The Balaban J connectivity index is 2.68. The molecule has 1 atom stereocenters. The van der Waals surface area contributed by atoms with Gasteiger partial charge in [-0.1, -0.05) is 24.3 Å². The van der Waals surface area contributed by atoms with Crippen LogP contribution in [0.5, 0.6) is 0 Å². The van der Waals surface area contributed by atoms with Crippen molar-refractivity contribution >= 4 is 21.6 Å². The summed E-state index contributed by atoms with van der Waals surface area (Å²) >= 11 is 3.49. The molecule has 1 unspecified atom stereocenters. The second kappa shape index (κ2) is 5.07. The lowest BCUT2D eigenvalue weighted by molar-refractivity contribution is 0.993. The van der Waals surface area contributed by atoms with E-state index in [1.54, 1.807) is 0 Å². The van der Waals surface area contributed by atoms with E-state index >= 15 is 0 Å². The molecule has 0 saturated carbocycles. The second-order valence-corrected chi connectivity index (χ2v) is 3.79. The Morgan fingerprint density at radius 3 is 2.69 bits per heavy atom. The van der Waals surface area contributed by atoms with Crippen molar-refractivity contribution in [2.45, 2.75) is 19.9 Å². The van der Waals surface area contributed by atoms with Gasteiger partial charge in [0.15, 0.2) is 0 Å². The molecule has 0 radical (unpaired) electrons. The van der Waals surface area contributed by atoms with Crippen molar-refractivity contribution in [3.63, 3.8) is 0 Å². The van der Waals surface area contributed by atoms with Gasteiger partial charge in [-0.3, -0.25) is 0 Å². The molecule has 0 aliphatic carbocycles. The number of halogens is 1. The zero-order chi connectivity index (χ0) is 9.68. The van der Waals surface area contributed by atoms with Crippen molar-refractivity contribution < 1.29 is 0 Å². The monoisotopic (exact) mass is 239 g/mol. The Morgan fingerprint density at radius 2 is 2.08 bits per heavy atom. The van der Waals surface area contributed by atoms with E-state index in [0.717, 1.165) is 10.2 Å². The largest absolute Gasteiger partial charge is 0.378 e. The van der Waals surface area contributed by atoms with Crippen molar-refractivity contribution in [1.29, 1.82) is 0 Å². The van der Waals surface area contributed by atoms with Gasteiger partial charge in [-0.2, -0.15) is 0 Å². The average molecular weight is 240 g/mol. The fourth-order valence-electron chi connectivity index (χ4n) is 1.16. The number of anilines is 1. The van der Waals surface area contributed by atoms with Crippen LogP contribution in [-0.4, -0.2) is 6.04 Å². The molecule has 0 amide bonds. The molecule has 0 bridgehead atoms. The fourth-order valence-corrected chi connectivity index (χ4v) is 1.56. The molecule has 0 aliphatic heterocycles. The van der Waals surface area contributed by atoms with Crippen molar-refractivity contribution in [1.82, 2.24) is 0 Å². The molecule has 0 aromatic heterocycles. The summed E-state index contributed by atoms with van der Waals surface area (Å²) in [5.41, 5.74) is 1.13. The predicted molar refractivity (Wildman–Crippen MR) is 62.0 cm³/mol. The van der Waals surface area contributed by atoms with Crippen LogP contribution in [0.25, 0.3) is 0 Å². The summed E-state index contributed by atoms with van der Waals surface area (Å²) in [5.74, 6) is 0. The Labute approximate surface area is 88.0 Å². The number of rotatable bonds is 3. The molecule has 13 heavy (non-hydrogen) atoms. The van der Waals surface area contributed by atoms with Gasteiger partial charge in [0.05, 0.1) is 0 Å². The number of hydrogen-bond donors (Lipinski definition) is 1. The first kappa shape index (κ1) is 10.3. The summed E-state index contributed by atoms with van der Waals surface area (Å²) < 4.78 is 1.10. The van der Waals surface area contributed by atoms with E-state index in [2.05, 4.69) is 46.4 Å². The minimum atomic E-state index is 0.365. The summed E-state index contributed by atoms with van der Waals surface area (Å²) in [5, 5.41) is 3.38. The topological polar surface area (TPSA) is 12.0 Å². The summed E-state index contributed by atoms with van der Waals surface area (Å²) in [6.45, 7) is 4.15. The van der Waals surface area contributed by atoms with Crippen molar-refractivity contribution in [3.05, 3.63) is 40.9 Å². The first-order chi connectivity index (χ1) is 6.24. The van der Waals surface area contributed by atoms with Crippen LogP contribution in [0, 0.1) is 0 Å².